The molecule has 2 amide bonds. The van der Waals surface area contributed by atoms with Crippen LogP contribution in [0.1, 0.15) is 24.1 Å². The van der Waals surface area contributed by atoms with E-state index in [1.54, 1.807) is 7.11 Å². The van der Waals surface area contributed by atoms with Gasteiger partial charge in [-0.1, -0.05) is 13.0 Å². The van der Waals surface area contributed by atoms with Crippen LogP contribution in [0, 0.1) is 11.3 Å². The molecular formula is C14H17N3O2. The van der Waals surface area contributed by atoms with Gasteiger partial charge in [0.2, 0.25) is 0 Å². The van der Waals surface area contributed by atoms with E-state index in [9.17, 15) is 4.79 Å². The Morgan fingerprint density at radius 3 is 3.00 bits per heavy atom. The van der Waals surface area contributed by atoms with Gasteiger partial charge >= 0.3 is 6.03 Å². The van der Waals surface area contributed by atoms with Gasteiger partial charge in [0, 0.05) is 12.1 Å². The lowest BCUT2D eigenvalue weighted by Crippen LogP contribution is -2.28. The number of ether oxygens (including phenoxy) is 1. The summed E-state index contributed by atoms with van der Waals surface area (Å²) in [4.78, 5) is 13.2. The molecule has 0 spiro atoms. The summed E-state index contributed by atoms with van der Waals surface area (Å²) in [7, 11) is 1.62. The highest BCUT2D eigenvalue weighted by molar-refractivity contribution is 5.77. The number of nitrogens with one attached hydrogen (secondary N) is 1. The van der Waals surface area contributed by atoms with Crippen LogP contribution in [0.15, 0.2) is 18.2 Å². The number of carbonyl (C=O) groups is 1. The minimum Gasteiger partial charge on any atom is -0.496 e. The maximum absolute atomic E-state index is 11.7. The van der Waals surface area contributed by atoms with E-state index in [0.717, 1.165) is 17.7 Å². The Kier molecular flexibility index (Phi) is 3.91. The first-order valence-corrected chi connectivity index (χ1v) is 6.28. The van der Waals surface area contributed by atoms with Gasteiger partial charge in [0.25, 0.3) is 0 Å². The molecular weight excluding hydrogens is 242 g/mol. The van der Waals surface area contributed by atoms with Crippen LogP contribution in [0.25, 0.3) is 0 Å². The lowest BCUT2D eigenvalue weighted by atomic mass is 10.0. The first-order chi connectivity index (χ1) is 9.19. The van der Waals surface area contributed by atoms with Gasteiger partial charge in [0.05, 0.1) is 19.2 Å². The number of methoxy groups -OCH3 is 1. The smallest absolute Gasteiger partial charge is 0.318 e. The molecule has 5 heteroatoms. The maximum Gasteiger partial charge on any atom is 0.318 e. The number of aryl methyl sites for hydroxylation is 1. The average Bonchev–Trinajstić information content (AvgIpc) is 2.80. The fourth-order valence-corrected chi connectivity index (χ4v) is 2.26. The van der Waals surface area contributed by atoms with Crippen molar-refractivity contribution >= 4 is 6.03 Å². The average molecular weight is 259 g/mol. The number of hydrogen-bond donors (Lipinski definition) is 1. The number of urea groups is 1. The summed E-state index contributed by atoms with van der Waals surface area (Å²) >= 11 is 0. The molecule has 1 fully saturated rings. The van der Waals surface area contributed by atoms with Crippen molar-refractivity contribution in [3.63, 3.8) is 0 Å². The van der Waals surface area contributed by atoms with E-state index in [4.69, 9.17) is 10.00 Å². The largest absolute Gasteiger partial charge is 0.496 e. The Balaban J connectivity index is 2.27. The summed E-state index contributed by atoms with van der Waals surface area (Å²) in [5, 5.41) is 11.6. The Bertz CT molecular complexity index is 522. The van der Waals surface area contributed by atoms with Gasteiger partial charge in [-0.15, -0.1) is 0 Å². The molecule has 100 valence electrons. The third-order valence-electron chi connectivity index (χ3n) is 3.33. The lowest BCUT2D eigenvalue weighted by molar-refractivity contribution is 0.222. The molecule has 1 atom stereocenters. The van der Waals surface area contributed by atoms with Gasteiger partial charge in [-0.25, -0.2) is 4.79 Å². The number of hydrogen-bond acceptors (Lipinski definition) is 3. The molecule has 0 aromatic heterocycles. The third kappa shape index (κ3) is 2.63. The second kappa shape index (κ2) is 5.61. The summed E-state index contributed by atoms with van der Waals surface area (Å²) in [6, 6.07) is 7.67. The molecule has 1 heterocycles. The van der Waals surface area contributed by atoms with Crippen molar-refractivity contribution in [3.8, 4) is 11.8 Å². The number of nitriles is 1. The second-order valence-electron chi connectivity index (χ2n) is 4.47. The number of carbonyl (C=O) groups excluding carboxylic acids is 1. The Labute approximate surface area is 112 Å². The monoisotopic (exact) mass is 259 g/mol. The Morgan fingerprint density at radius 2 is 2.37 bits per heavy atom. The van der Waals surface area contributed by atoms with Crippen molar-refractivity contribution in [1.82, 2.24) is 10.2 Å². The molecule has 1 aromatic rings. The molecule has 1 unspecified atom stereocenters. The van der Waals surface area contributed by atoms with Gasteiger partial charge in [-0.05, 0) is 24.1 Å². The molecule has 5 nitrogen and oxygen atoms in total. The standard InChI is InChI=1S/C14H17N3O2/c1-3-10-4-5-13(19-2)11(8-10)12-9-17(7-6-15)14(18)16-12/h4-5,8,12H,3,7,9H2,1-2H3,(H,16,18). The summed E-state index contributed by atoms with van der Waals surface area (Å²) < 4.78 is 5.35. The summed E-state index contributed by atoms with van der Waals surface area (Å²) in [6.07, 6.45) is 0.930. The highest BCUT2D eigenvalue weighted by atomic mass is 16.5. The van der Waals surface area contributed by atoms with Crippen LogP contribution < -0.4 is 10.1 Å². The molecule has 1 N–H and O–H groups in total. The molecule has 0 bridgehead atoms. The van der Waals surface area contributed by atoms with Crippen LogP contribution in [0.2, 0.25) is 0 Å². The quantitative estimate of drug-likeness (QED) is 0.839. The predicted octanol–water partition coefficient (Wildman–Crippen LogP) is 1.85. The van der Waals surface area contributed by atoms with E-state index >= 15 is 0 Å². The minimum absolute atomic E-state index is 0.109. The molecule has 0 saturated carbocycles. The maximum atomic E-state index is 11.7. The predicted molar refractivity (Wildman–Crippen MR) is 70.8 cm³/mol. The summed E-state index contributed by atoms with van der Waals surface area (Å²) in [5.74, 6) is 0.765. The van der Waals surface area contributed by atoms with Crippen LogP contribution in [0.4, 0.5) is 4.79 Å². The second-order valence-corrected chi connectivity index (χ2v) is 4.47. The van der Waals surface area contributed by atoms with Crippen molar-refractivity contribution in [2.45, 2.75) is 19.4 Å². The molecule has 2 rings (SSSR count). The molecule has 1 saturated heterocycles. The van der Waals surface area contributed by atoms with E-state index in [1.807, 2.05) is 18.2 Å². The van der Waals surface area contributed by atoms with Crippen LogP contribution in [-0.2, 0) is 6.42 Å². The van der Waals surface area contributed by atoms with Crippen molar-refractivity contribution in [1.29, 1.82) is 5.26 Å². The van der Waals surface area contributed by atoms with Gasteiger partial charge in [-0.2, -0.15) is 5.26 Å². The molecule has 1 aliphatic heterocycles. The van der Waals surface area contributed by atoms with Crippen LogP contribution in [0.3, 0.4) is 0 Å². The molecule has 1 aliphatic rings. The summed E-state index contributed by atoms with van der Waals surface area (Å²) in [5.41, 5.74) is 2.17. The first-order valence-electron chi connectivity index (χ1n) is 6.28. The van der Waals surface area contributed by atoms with Crippen molar-refractivity contribution in [2.24, 2.45) is 0 Å². The normalized spacial score (nSPS) is 18.1. The van der Waals surface area contributed by atoms with E-state index in [2.05, 4.69) is 18.3 Å². The van der Waals surface area contributed by atoms with Crippen LogP contribution in [0.5, 0.6) is 5.75 Å². The van der Waals surface area contributed by atoms with Gasteiger partial charge in [0.15, 0.2) is 0 Å². The van der Waals surface area contributed by atoms with Gasteiger partial charge in [-0.3, -0.25) is 0 Å². The number of amides is 2. The van der Waals surface area contributed by atoms with Crippen LogP contribution >= 0.6 is 0 Å². The molecule has 0 radical (unpaired) electrons. The fourth-order valence-electron chi connectivity index (χ4n) is 2.26. The highest BCUT2D eigenvalue weighted by Gasteiger charge is 2.31. The number of benzene rings is 1. The van der Waals surface area contributed by atoms with E-state index in [-0.39, 0.29) is 18.6 Å². The lowest BCUT2D eigenvalue weighted by Gasteiger charge is -2.15. The summed E-state index contributed by atoms with van der Waals surface area (Å²) in [6.45, 7) is 2.69. The number of nitrogens with zero attached hydrogens (tertiary/aromatic N) is 2. The molecule has 1 aromatic carbocycles. The van der Waals surface area contributed by atoms with E-state index < -0.39 is 0 Å². The van der Waals surface area contributed by atoms with Crippen molar-refractivity contribution in [3.05, 3.63) is 29.3 Å². The van der Waals surface area contributed by atoms with E-state index in [1.165, 1.54) is 10.5 Å². The van der Waals surface area contributed by atoms with Crippen molar-refractivity contribution < 1.29 is 9.53 Å². The Morgan fingerprint density at radius 1 is 1.58 bits per heavy atom. The van der Waals surface area contributed by atoms with E-state index in [0.29, 0.717) is 6.54 Å². The first kappa shape index (κ1) is 13.2. The zero-order valence-corrected chi connectivity index (χ0v) is 11.1. The Hall–Kier alpha value is -2.22. The molecule has 19 heavy (non-hydrogen) atoms. The third-order valence-corrected chi connectivity index (χ3v) is 3.33. The van der Waals surface area contributed by atoms with Crippen LogP contribution in [-0.4, -0.2) is 31.1 Å². The minimum atomic E-state index is -0.199. The van der Waals surface area contributed by atoms with Crippen molar-refractivity contribution in [2.75, 3.05) is 20.2 Å². The topological polar surface area (TPSA) is 65.4 Å². The zero-order chi connectivity index (χ0) is 13.8. The zero-order valence-electron chi connectivity index (χ0n) is 11.1. The number of rotatable bonds is 4. The SMILES string of the molecule is CCc1ccc(OC)c(C2CN(CC#N)C(=O)N2)c1. The fraction of sp³-hybridized carbons (Fsp3) is 0.429. The van der Waals surface area contributed by atoms with Gasteiger partial charge in [0.1, 0.15) is 12.3 Å². The van der Waals surface area contributed by atoms with Gasteiger partial charge < -0.3 is 15.0 Å². The highest BCUT2D eigenvalue weighted by Crippen LogP contribution is 2.29. The molecule has 0 aliphatic carbocycles.